The minimum Gasteiger partial charge on any atom is -1.00 e. The van der Waals surface area contributed by atoms with E-state index in [-0.39, 0.29) is 29.7 Å². The van der Waals surface area contributed by atoms with Gasteiger partial charge in [-0.2, -0.15) is 0 Å². The first-order valence-corrected chi connectivity index (χ1v) is 6.22. The van der Waals surface area contributed by atoms with Crippen molar-refractivity contribution < 1.29 is 37.9 Å². The van der Waals surface area contributed by atoms with E-state index in [1.165, 1.54) is 12.1 Å². The van der Waals surface area contributed by atoms with E-state index < -0.39 is 4.92 Å². The highest BCUT2D eigenvalue weighted by molar-refractivity contribution is 5.78. The minimum atomic E-state index is -0.444. The van der Waals surface area contributed by atoms with Gasteiger partial charge in [-0.1, -0.05) is 0 Å². The summed E-state index contributed by atoms with van der Waals surface area (Å²) in [6.07, 6.45) is 3.87. The van der Waals surface area contributed by atoms with Gasteiger partial charge in [0.2, 0.25) is 5.89 Å². The van der Waals surface area contributed by atoms with Crippen LogP contribution in [0.25, 0.3) is 22.6 Å². The molecule has 0 saturated heterocycles. The SMILES string of the molecule is CC[n+]1ccc(-c2nc3cc([N+](=O)[O-])ccc3o2)cc1.[I-]. The lowest BCUT2D eigenvalue weighted by Gasteiger charge is -1.93. The number of nitro groups is 1. The van der Waals surface area contributed by atoms with Gasteiger partial charge < -0.3 is 28.4 Å². The van der Waals surface area contributed by atoms with Crippen LogP contribution in [0, 0.1) is 10.1 Å². The Balaban J connectivity index is 0.00000161. The number of oxazole rings is 1. The molecular formula is C14H12IN3O3. The molecule has 0 aliphatic carbocycles. The maximum atomic E-state index is 10.7. The number of aryl methyl sites for hydroxylation is 1. The second-order valence-corrected chi connectivity index (χ2v) is 4.35. The standard InChI is InChI=1S/C14H12N3O3.HI/c1-2-16-7-5-10(6-8-16)14-15-12-9-11(17(18)19)3-4-13(12)20-14;/h3-9H,2H2,1H3;1H/q+1;/p-1. The van der Waals surface area contributed by atoms with Crippen molar-refractivity contribution in [2.75, 3.05) is 0 Å². The van der Waals surface area contributed by atoms with E-state index in [1.807, 2.05) is 29.1 Å². The summed E-state index contributed by atoms with van der Waals surface area (Å²) in [5.74, 6) is 0.462. The fourth-order valence-electron chi connectivity index (χ4n) is 1.96. The molecule has 0 radical (unpaired) electrons. The Kier molecular flexibility index (Phi) is 4.51. The number of rotatable bonds is 3. The topological polar surface area (TPSA) is 73.0 Å². The van der Waals surface area contributed by atoms with Crippen molar-refractivity contribution in [1.82, 2.24) is 4.98 Å². The number of aromatic nitrogens is 2. The molecule has 0 amide bonds. The number of pyridine rings is 1. The number of non-ortho nitro benzene ring substituents is 1. The van der Waals surface area contributed by atoms with E-state index in [1.54, 1.807) is 6.07 Å². The van der Waals surface area contributed by atoms with Crippen molar-refractivity contribution in [2.45, 2.75) is 13.5 Å². The van der Waals surface area contributed by atoms with Gasteiger partial charge in [-0.25, -0.2) is 9.55 Å². The Bertz CT molecular complexity index is 784. The number of nitro benzene ring substituents is 1. The van der Waals surface area contributed by atoms with Gasteiger partial charge in [0, 0.05) is 29.8 Å². The lowest BCUT2D eigenvalue weighted by molar-refractivity contribution is -0.693. The molecule has 0 saturated carbocycles. The third-order valence-corrected chi connectivity index (χ3v) is 3.09. The molecule has 3 aromatic rings. The van der Waals surface area contributed by atoms with Gasteiger partial charge >= 0.3 is 0 Å². The number of nitrogens with zero attached hydrogens (tertiary/aromatic N) is 3. The van der Waals surface area contributed by atoms with Crippen LogP contribution in [0.5, 0.6) is 0 Å². The average molecular weight is 397 g/mol. The predicted molar refractivity (Wildman–Crippen MR) is 72.0 cm³/mol. The molecule has 0 fully saturated rings. The summed E-state index contributed by atoms with van der Waals surface area (Å²) in [7, 11) is 0. The molecule has 0 aliphatic heterocycles. The van der Waals surface area contributed by atoms with E-state index in [0.29, 0.717) is 17.0 Å². The summed E-state index contributed by atoms with van der Waals surface area (Å²) < 4.78 is 7.64. The van der Waals surface area contributed by atoms with E-state index in [9.17, 15) is 10.1 Å². The highest BCUT2D eigenvalue weighted by atomic mass is 127. The molecule has 108 valence electrons. The number of fused-ring (bicyclic) bond motifs is 1. The Morgan fingerprint density at radius 2 is 2.00 bits per heavy atom. The lowest BCUT2D eigenvalue weighted by atomic mass is 10.2. The van der Waals surface area contributed by atoms with Crippen LogP contribution in [-0.4, -0.2) is 9.91 Å². The van der Waals surface area contributed by atoms with Crippen molar-refractivity contribution in [3.05, 3.63) is 52.8 Å². The fraction of sp³-hybridized carbons (Fsp3) is 0.143. The zero-order valence-corrected chi connectivity index (χ0v) is 13.4. The largest absolute Gasteiger partial charge is 1.00 e. The first-order chi connectivity index (χ1) is 9.67. The predicted octanol–water partition coefficient (Wildman–Crippen LogP) is -0.286. The molecule has 2 aromatic heterocycles. The van der Waals surface area contributed by atoms with Gasteiger partial charge in [-0.05, 0) is 13.0 Å². The van der Waals surface area contributed by atoms with Gasteiger partial charge in [-0.3, -0.25) is 10.1 Å². The molecule has 7 heteroatoms. The molecule has 0 spiro atoms. The van der Waals surface area contributed by atoms with Crippen LogP contribution < -0.4 is 28.5 Å². The summed E-state index contributed by atoms with van der Waals surface area (Å²) in [6, 6.07) is 8.20. The quantitative estimate of drug-likeness (QED) is 0.264. The molecule has 0 atom stereocenters. The van der Waals surface area contributed by atoms with Crippen LogP contribution in [0.4, 0.5) is 5.69 Å². The van der Waals surface area contributed by atoms with Crippen molar-refractivity contribution >= 4 is 16.8 Å². The molecule has 21 heavy (non-hydrogen) atoms. The summed E-state index contributed by atoms with van der Waals surface area (Å²) >= 11 is 0. The smallest absolute Gasteiger partial charge is 0.271 e. The number of hydrogen-bond acceptors (Lipinski definition) is 4. The maximum absolute atomic E-state index is 10.7. The van der Waals surface area contributed by atoms with Crippen LogP contribution >= 0.6 is 0 Å². The number of halogens is 1. The van der Waals surface area contributed by atoms with Crippen molar-refractivity contribution in [1.29, 1.82) is 0 Å². The van der Waals surface area contributed by atoms with Gasteiger partial charge in [0.1, 0.15) is 12.1 Å². The molecule has 2 heterocycles. The molecule has 0 unspecified atom stereocenters. The van der Waals surface area contributed by atoms with Crippen molar-refractivity contribution in [2.24, 2.45) is 0 Å². The van der Waals surface area contributed by atoms with Crippen LogP contribution in [0.15, 0.2) is 47.1 Å². The minimum absolute atomic E-state index is 0. The average Bonchev–Trinajstić information content (AvgIpc) is 2.90. The third kappa shape index (κ3) is 3.02. The summed E-state index contributed by atoms with van der Waals surface area (Å²) in [5.41, 5.74) is 1.88. The summed E-state index contributed by atoms with van der Waals surface area (Å²) in [4.78, 5) is 14.6. The normalized spacial score (nSPS) is 10.3. The zero-order valence-electron chi connectivity index (χ0n) is 11.2. The highest BCUT2D eigenvalue weighted by Crippen LogP contribution is 2.26. The Labute approximate surface area is 137 Å². The Morgan fingerprint density at radius 3 is 2.62 bits per heavy atom. The summed E-state index contributed by atoms with van der Waals surface area (Å²) in [6.45, 7) is 2.94. The van der Waals surface area contributed by atoms with Gasteiger partial charge in [-0.15, -0.1) is 0 Å². The van der Waals surface area contributed by atoms with Crippen molar-refractivity contribution in [3.8, 4) is 11.5 Å². The molecule has 0 aliphatic rings. The lowest BCUT2D eigenvalue weighted by Crippen LogP contribution is -3.00. The van der Waals surface area contributed by atoms with E-state index in [2.05, 4.69) is 11.9 Å². The monoisotopic (exact) mass is 397 g/mol. The second-order valence-electron chi connectivity index (χ2n) is 4.35. The van der Waals surface area contributed by atoms with Crippen LogP contribution in [0.2, 0.25) is 0 Å². The molecule has 3 rings (SSSR count). The van der Waals surface area contributed by atoms with Gasteiger partial charge in [0.05, 0.1) is 4.92 Å². The Morgan fingerprint density at radius 1 is 1.29 bits per heavy atom. The van der Waals surface area contributed by atoms with E-state index >= 15 is 0 Å². The molecule has 0 bridgehead atoms. The zero-order chi connectivity index (χ0) is 14.1. The fourth-order valence-corrected chi connectivity index (χ4v) is 1.96. The van der Waals surface area contributed by atoms with Gasteiger partial charge in [0.25, 0.3) is 5.69 Å². The first kappa shape index (κ1) is 15.4. The van der Waals surface area contributed by atoms with E-state index in [4.69, 9.17) is 4.42 Å². The molecule has 6 nitrogen and oxygen atoms in total. The number of hydrogen-bond donors (Lipinski definition) is 0. The van der Waals surface area contributed by atoms with Crippen LogP contribution in [0.3, 0.4) is 0 Å². The molecule has 0 N–H and O–H groups in total. The van der Waals surface area contributed by atoms with E-state index in [0.717, 1.165) is 12.1 Å². The summed E-state index contributed by atoms with van der Waals surface area (Å²) in [5, 5.41) is 10.7. The molecular weight excluding hydrogens is 385 g/mol. The van der Waals surface area contributed by atoms with Gasteiger partial charge in [0.15, 0.2) is 18.0 Å². The van der Waals surface area contributed by atoms with Crippen LogP contribution in [-0.2, 0) is 6.54 Å². The first-order valence-electron chi connectivity index (χ1n) is 6.22. The van der Waals surface area contributed by atoms with Crippen LogP contribution in [0.1, 0.15) is 6.92 Å². The number of benzene rings is 1. The third-order valence-electron chi connectivity index (χ3n) is 3.09. The highest BCUT2D eigenvalue weighted by Gasteiger charge is 2.13. The van der Waals surface area contributed by atoms with Crippen molar-refractivity contribution in [3.63, 3.8) is 0 Å². The Hall–Kier alpha value is -2.03. The second kappa shape index (κ2) is 6.17. The maximum Gasteiger partial charge on any atom is 0.271 e. The molecule has 1 aromatic carbocycles.